The van der Waals surface area contributed by atoms with Crippen LogP contribution < -0.4 is 0 Å². The summed E-state index contributed by atoms with van der Waals surface area (Å²) in [4.78, 5) is 21.8. The lowest BCUT2D eigenvalue weighted by Crippen LogP contribution is -2.60. The van der Waals surface area contributed by atoms with E-state index >= 15 is 0 Å². The third kappa shape index (κ3) is 1.34. The van der Waals surface area contributed by atoms with Crippen molar-refractivity contribution in [1.29, 1.82) is 0 Å². The monoisotopic (exact) mass is 342 g/mol. The van der Waals surface area contributed by atoms with Crippen LogP contribution in [0.1, 0.15) is 18.9 Å². The highest BCUT2D eigenvalue weighted by atomic mass is 35.5. The molecule has 0 aliphatic heterocycles. The molecule has 2 fully saturated rings. The molecule has 0 aromatic heterocycles. The van der Waals surface area contributed by atoms with E-state index in [4.69, 9.17) is 32.7 Å². The normalized spacial score (nSPS) is 39.5. The van der Waals surface area contributed by atoms with Gasteiger partial charge in [-0.05, 0) is 12.0 Å². The lowest BCUT2D eigenvalue weighted by molar-refractivity contribution is -0.221. The van der Waals surface area contributed by atoms with E-state index < -0.39 is 32.5 Å². The molecule has 2 aliphatic carbocycles. The predicted octanol–water partition coefficient (Wildman–Crippen LogP) is 2.44. The maximum absolute atomic E-state index is 12.7. The van der Waals surface area contributed by atoms with Crippen LogP contribution in [-0.4, -0.2) is 41.3 Å². The molecule has 118 valence electrons. The molecule has 22 heavy (non-hydrogen) atoms. The average molecular weight is 343 g/mol. The van der Waals surface area contributed by atoms with Crippen LogP contribution in [0.3, 0.4) is 0 Å². The molecule has 0 unspecified atom stereocenters. The lowest BCUT2D eigenvalue weighted by atomic mass is 9.68. The number of carbonyl (C=O) groups is 2. The SMILES string of the molecule is COC1(OC)[C@@]2(Cl)C[C@](C)(c3ccccc3)[C@]1(Cl)C(=O)C2=O. The van der Waals surface area contributed by atoms with Gasteiger partial charge in [0.25, 0.3) is 0 Å². The standard InChI is InChI=1S/C16H16Cl2O4/c1-13(10-7-5-4-6-8-10)9-14(17)11(19)12(20)15(13,18)16(14,21-2)22-3/h4-8H,9H2,1-3H3/t13-,14-,15-/m1/s1. The summed E-state index contributed by atoms with van der Waals surface area (Å²) in [6, 6.07) is 9.28. The van der Waals surface area contributed by atoms with Crippen molar-refractivity contribution in [3.05, 3.63) is 35.9 Å². The van der Waals surface area contributed by atoms with Gasteiger partial charge in [0.1, 0.15) is 0 Å². The van der Waals surface area contributed by atoms with Crippen LogP contribution in [0.25, 0.3) is 0 Å². The number of alkyl halides is 2. The van der Waals surface area contributed by atoms with Gasteiger partial charge in [0.15, 0.2) is 9.75 Å². The first-order valence-corrected chi connectivity index (χ1v) is 7.63. The summed E-state index contributed by atoms with van der Waals surface area (Å²) in [5.41, 5.74) is -0.0824. The summed E-state index contributed by atoms with van der Waals surface area (Å²) in [6.07, 6.45) is 0.154. The zero-order valence-electron chi connectivity index (χ0n) is 12.5. The van der Waals surface area contributed by atoms with Crippen molar-refractivity contribution in [1.82, 2.24) is 0 Å². The maximum Gasteiger partial charge on any atom is 0.227 e. The first-order valence-electron chi connectivity index (χ1n) is 6.88. The van der Waals surface area contributed by atoms with E-state index in [9.17, 15) is 9.59 Å². The topological polar surface area (TPSA) is 52.6 Å². The summed E-state index contributed by atoms with van der Waals surface area (Å²) < 4.78 is 10.9. The Bertz CT molecular complexity index is 657. The average Bonchev–Trinajstić information content (AvgIpc) is 2.77. The molecule has 4 nitrogen and oxygen atoms in total. The molecule has 0 radical (unpaired) electrons. The molecule has 3 atom stereocenters. The van der Waals surface area contributed by atoms with Gasteiger partial charge in [-0.1, -0.05) is 37.3 Å². The summed E-state index contributed by atoms with van der Waals surface area (Å²) >= 11 is 13.4. The minimum Gasteiger partial charge on any atom is -0.349 e. The van der Waals surface area contributed by atoms with Crippen LogP contribution in [0, 0.1) is 0 Å². The van der Waals surface area contributed by atoms with Crippen molar-refractivity contribution < 1.29 is 19.1 Å². The largest absolute Gasteiger partial charge is 0.349 e. The highest BCUT2D eigenvalue weighted by molar-refractivity contribution is 6.66. The Kier molecular flexibility index (Phi) is 3.29. The van der Waals surface area contributed by atoms with Gasteiger partial charge in [-0.3, -0.25) is 9.59 Å². The molecule has 1 aromatic rings. The van der Waals surface area contributed by atoms with Gasteiger partial charge >= 0.3 is 0 Å². The van der Waals surface area contributed by atoms with Gasteiger partial charge in [0, 0.05) is 19.6 Å². The summed E-state index contributed by atoms with van der Waals surface area (Å²) in [7, 11) is 2.70. The van der Waals surface area contributed by atoms with Crippen LogP contribution >= 0.6 is 23.2 Å². The van der Waals surface area contributed by atoms with Gasteiger partial charge in [0.2, 0.25) is 17.4 Å². The Morgan fingerprint density at radius 3 is 2.00 bits per heavy atom. The predicted molar refractivity (Wildman–Crippen MR) is 82.3 cm³/mol. The summed E-state index contributed by atoms with van der Waals surface area (Å²) in [6.45, 7) is 1.82. The second-order valence-electron chi connectivity index (χ2n) is 6.02. The van der Waals surface area contributed by atoms with Crippen molar-refractivity contribution in [3.63, 3.8) is 0 Å². The molecule has 0 amide bonds. The van der Waals surface area contributed by atoms with Gasteiger partial charge < -0.3 is 9.47 Å². The van der Waals surface area contributed by atoms with Gasteiger partial charge in [-0.25, -0.2) is 0 Å². The minimum atomic E-state index is -1.72. The van der Waals surface area contributed by atoms with Gasteiger partial charge in [-0.15, -0.1) is 23.2 Å². The molecule has 2 aliphatic rings. The van der Waals surface area contributed by atoms with Crippen molar-refractivity contribution in [2.24, 2.45) is 0 Å². The Hall–Kier alpha value is -0.940. The van der Waals surface area contributed by atoms with Crippen LogP contribution in [0.2, 0.25) is 0 Å². The highest BCUT2D eigenvalue weighted by Crippen LogP contribution is 2.70. The van der Waals surface area contributed by atoms with Crippen LogP contribution in [0.4, 0.5) is 0 Å². The number of carbonyl (C=O) groups excluding carboxylic acids is 2. The number of hydrogen-bond acceptors (Lipinski definition) is 4. The molecular formula is C16H16Cl2O4. The van der Waals surface area contributed by atoms with E-state index in [0.29, 0.717) is 0 Å². The number of fused-ring (bicyclic) bond motifs is 2. The van der Waals surface area contributed by atoms with E-state index in [1.807, 2.05) is 37.3 Å². The van der Waals surface area contributed by atoms with E-state index in [0.717, 1.165) is 5.56 Å². The van der Waals surface area contributed by atoms with Crippen molar-refractivity contribution >= 4 is 34.8 Å². The second-order valence-corrected chi connectivity index (χ2v) is 7.23. The number of rotatable bonds is 3. The number of methoxy groups -OCH3 is 2. The Morgan fingerprint density at radius 2 is 1.55 bits per heavy atom. The second kappa shape index (κ2) is 4.54. The van der Waals surface area contributed by atoms with Crippen LogP contribution in [-0.2, 0) is 24.5 Å². The van der Waals surface area contributed by atoms with E-state index in [-0.39, 0.29) is 6.42 Å². The third-order valence-corrected chi connectivity index (χ3v) is 6.59. The lowest BCUT2D eigenvalue weighted by Gasteiger charge is -2.42. The zero-order valence-corrected chi connectivity index (χ0v) is 14.0. The molecule has 2 saturated carbocycles. The number of ether oxygens (including phenoxy) is 2. The molecule has 0 heterocycles. The minimum absolute atomic E-state index is 0.154. The molecule has 0 saturated heterocycles. The Labute approximate surface area is 138 Å². The van der Waals surface area contributed by atoms with Crippen molar-refractivity contribution in [3.8, 4) is 0 Å². The summed E-state index contributed by atoms with van der Waals surface area (Å²) in [5.74, 6) is -3.21. The van der Waals surface area contributed by atoms with Gasteiger partial charge in [-0.2, -0.15) is 0 Å². The number of benzene rings is 1. The van der Waals surface area contributed by atoms with Crippen LogP contribution in [0.5, 0.6) is 0 Å². The Morgan fingerprint density at radius 1 is 1.00 bits per heavy atom. The van der Waals surface area contributed by atoms with E-state index in [2.05, 4.69) is 0 Å². The third-order valence-electron chi connectivity index (χ3n) is 5.20. The smallest absolute Gasteiger partial charge is 0.227 e. The first-order chi connectivity index (χ1) is 10.2. The fourth-order valence-electron chi connectivity index (χ4n) is 4.12. The number of hydrogen-bond donors (Lipinski definition) is 0. The van der Waals surface area contributed by atoms with E-state index in [1.54, 1.807) is 0 Å². The summed E-state index contributed by atoms with van der Waals surface area (Å²) in [5, 5.41) is 0. The fourth-order valence-corrected chi connectivity index (χ4v) is 5.40. The number of ketones is 2. The molecule has 1 aromatic carbocycles. The van der Waals surface area contributed by atoms with E-state index in [1.165, 1.54) is 14.2 Å². The molecule has 0 spiro atoms. The van der Waals surface area contributed by atoms with Gasteiger partial charge in [0.05, 0.1) is 0 Å². The molecule has 0 N–H and O–H groups in total. The quantitative estimate of drug-likeness (QED) is 0.481. The van der Waals surface area contributed by atoms with Crippen molar-refractivity contribution in [2.75, 3.05) is 14.2 Å². The number of halogens is 2. The molecular weight excluding hydrogens is 327 g/mol. The molecule has 6 heteroatoms. The first kappa shape index (κ1) is 15.9. The number of Topliss-reactive ketones (excluding diaryl/α,β-unsaturated/α-hetero) is 2. The Balaban J connectivity index is 2.33. The molecule has 2 bridgehead atoms. The van der Waals surface area contributed by atoms with Crippen molar-refractivity contribution in [2.45, 2.75) is 34.3 Å². The van der Waals surface area contributed by atoms with Crippen LogP contribution in [0.15, 0.2) is 30.3 Å². The highest BCUT2D eigenvalue weighted by Gasteiger charge is 2.89. The fraction of sp³-hybridized carbons (Fsp3) is 0.500. The molecule has 3 rings (SSSR count). The maximum atomic E-state index is 12.7. The zero-order chi connectivity index (χ0) is 16.4.